The van der Waals surface area contributed by atoms with E-state index in [2.05, 4.69) is 26.8 Å². The molecule has 0 saturated heterocycles. The van der Waals surface area contributed by atoms with Gasteiger partial charge in [0.1, 0.15) is 5.75 Å². The number of hydrazine groups is 1. The molecule has 2 aromatic carbocycles. The molecule has 0 bridgehead atoms. The number of carbonyl (C=O) groups excluding carboxylic acids is 2. The number of amides is 2. The first-order chi connectivity index (χ1) is 12.0. The summed E-state index contributed by atoms with van der Waals surface area (Å²) in [4.78, 5) is 23.6. The van der Waals surface area contributed by atoms with Crippen LogP contribution in [-0.4, -0.2) is 25.0 Å². The molecule has 0 heterocycles. The van der Waals surface area contributed by atoms with Crippen molar-refractivity contribution in [2.75, 3.05) is 13.2 Å². The van der Waals surface area contributed by atoms with Crippen LogP contribution in [0.3, 0.4) is 0 Å². The average Bonchev–Trinajstić information content (AvgIpc) is 2.60. The largest absolute Gasteiger partial charge is 0.494 e. The fraction of sp³-hybridized carbons (Fsp3) is 0.176. The zero-order chi connectivity index (χ0) is 18.2. The van der Waals surface area contributed by atoms with Crippen LogP contribution in [0.15, 0.2) is 46.9 Å². The molecule has 0 saturated carbocycles. The summed E-state index contributed by atoms with van der Waals surface area (Å²) < 4.78 is 24.5. The molecule has 0 radical (unpaired) electrons. The predicted molar refractivity (Wildman–Crippen MR) is 92.8 cm³/mol. The Morgan fingerprint density at radius 3 is 2.44 bits per heavy atom. The third-order valence-electron chi connectivity index (χ3n) is 3.00. The van der Waals surface area contributed by atoms with Crippen molar-refractivity contribution in [3.63, 3.8) is 0 Å². The zero-order valence-electron chi connectivity index (χ0n) is 13.3. The number of rotatable bonds is 6. The van der Waals surface area contributed by atoms with Crippen molar-refractivity contribution in [1.82, 2.24) is 10.9 Å². The predicted octanol–water partition coefficient (Wildman–Crippen LogP) is 2.83. The molecule has 132 valence electrons. The lowest BCUT2D eigenvalue weighted by Crippen LogP contribution is -2.43. The van der Waals surface area contributed by atoms with Crippen molar-refractivity contribution < 1.29 is 23.5 Å². The van der Waals surface area contributed by atoms with Gasteiger partial charge in [-0.1, -0.05) is 15.9 Å². The Balaban J connectivity index is 1.79. The smallest absolute Gasteiger partial charge is 0.276 e. The molecule has 2 rings (SSSR count). The maximum Gasteiger partial charge on any atom is 0.276 e. The van der Waals surface area contributed by atoms with E-state index >= 15 is 0 Å². The highest BCUT2D eigenvalue weighted by molar-refractivity contribution is 9.10. The number of hydrogen-bond acceptors (Lipinski definition) is 4. The van der Waals surface area contributed by atoms with E-state index in [4.69, 9.17) is 9.47 Å². The first-order valence-corrected chi connectivity index (χ1v) is 8.18. The maximum absolute atomic E-state index is 13.6. The van der Waals surface area contributed by atoms with E-state index in [-0.39, 0.29) is 5.75 Å². The van der Waals surface area contributed by atoms with E-state index in [0.717, 1.165) is 0 Å². The van der Waals surface area contributed by atoms with E-state index in [1.165, 1.54) is 12.1 Å². The normalized spacial score (nSPS) is 10.0. The molecule has 8 heteroatoms. The molecule has 2 N–H and O–H groups in total. The minimum Gasteiger partial charge on any atom is -0.494 e. The number of carbonyl (C=O) groups is 2. The van der Waals surface area contributed by atoms with E-state index in [0.29, 0.717) is 22.4 Å². The second kappa shape index (κ2) is 9.03. The van der Waals surface area contributed by atoms with Crippen molar-refractivity contribution >= 4 is 27.7 Å². The first-order valence-electron chi connectivity index (χ1n) is 7.39. The summed E-state index contributed by atoms with van der Waals surface area (Å²) in [5, 5.41) is 0. The average molecular weight is 411 g/mol. The van der Waals surface area contributed by atoms with Crippen LogP contribution in [0.5, 0.6) is 11.5 Å². The van der Waals surface area contributed by atoms with Crippen LogP contribution in [0.4, 0.5) is 4.39 Å². The highest BCUT2D eigenvalue weighted by Gasteiger charge is 2.10. The van der Waals surface area contributed by atoms with E-state index in [9.17, 15) is 14.0 Å². The summed E-state index contributed by atoms with van der Waals surface area (Å²) in [7, 11) is 0. The molecule has 25 heavy (non-hydrogen) atoms. The van der Waals surface area contributed by atoms with E-state index < -0.39 is 24.2 Å². The van der Waals surface area contributed by atoms with Crippen molar-refractivity contribution in [3.8, 4) is 11.5 Å². The Labute approximate surface area is 152 Å². The molecule has 0 aromatic heterocycles. The van der Waals surface area contributed by atoms with Crippen LogP contribution < -0.4 is 20.3 Å². The van der Waals surface area contributed by atoms with Gasteiger partial charge >= 0.3 is 0 Å². The van der Waals surface area contributed by atoms with E-state index in [1.54, 1.807) is 30.3 Å². The van der Waals surface area contributed by atoms with Gasteiger partial charge in [-0.05, 0) is 49.4 Å². The van der Waals surface area contributed by atoms with Gasteiger partial charge in [0, 0.05) is 10.0 Å². The minimum atomic E-state index is -0.624. The molecule has 0 spiro atoms. The quantitative estimate of drug-likeness (QED) is 0.717. The van der Waals surface area contributed by atoms with Gasteiger partial charge in [0.15, 0.2) is 18.2 Å². The topological polar surface area (TPSA) is 76.7 Å². The molecule has 2 amide bonds. The van der Waals surface area contributed by atoms with Gasteiger partial charge < -0.3 is 9.47 Å². The maximum atomic E-state index is 13.6. The number of ether oxygens (including phenoxy) is 2. The lowest BCUT2D eigenvalue weighted by atomic mass is 10.2. The Morgan fingerprint density at radius 2 is 1.80 bits per heavy atom. The first kappa shape index (κ1) is 18.7. The van der Waals surface area contributed by atoms with Crippen molar-refractivity contribution in [3.05, 3.63) is 58.3 Å². The molecular formula is C17H16BrFN2O4. The second-order valence-electron chi connectivity index (χ2n) is 4.82. The molecule has 0 atom stereocenters. The molecule has 0 aliphatic carbocycles. The standard InChI is InChI=1S/C17H16BrFN2O4/c1-2-24-13-6-3-11(4-7-13)17(23)21-20-16(22)10-25-15-8-5-12(18)9-14(15)19/h3-9H,2,10H2,1H3,(H,20,22)(H,21,23). The number of benzene rings is 2. The lowest BCUT2D eigenvalue weighted by molar-refractivity contribution is -0.123. The third kappa shape index (κ3) is 5.75. The fourth-order valence-electron chi connectivity index (χ4n) is 1.84. The van der Waals surface area contributed by atoms with Gasteiger partial charge in [-0.25, -0.2) is 4.39 Å². The SMILES string of the molecule is CCOc1ccc(C(=O)NNC(=O)COc2ccc(Br)cc2F)cc1. The minimum absolute atomic E-state index is 0.0591. The van der Waals surface area contributed by atoms with Gasteiger partial charge in [-0.2, -0.15) is 0 Å². The zero-order valence-corrected chi connectivity index (χ0v) is 14.9. The van der Waals surface area contributed by atoms with Crippen molar-refractivity contribution in [1.29, 1.82) is 0 Å². The van der Waals surface area contributed by atoms with Gasteiger partial charge in [0.2, 0.25) is 0 Å². The van der Waals surface area contributed by atoms with Crippen molar-refractivity contribution in [2.24, 2.45) is 0 Å². The van der Waals surface area contributed by atoms with Gasteiger partial charge in [-0.3, -0.25) is 20.4 Å². The Morgan fingerprint density at radius 1 is 1.08 bits per heavy atom. The third-order valence-corrected chi connectivity index (χ3v) is 3.49. The van der Waals surface area contributed by atoms with Crippen LogP contribution >= 0.6 is 15.9 Å². The van der Waals surface area contributed by atoms with Crippen LogP contribution in [0.2, 0.25) is 0 Å². The molecule has 0 unspecified atom stereocenters. The monoisotopic (exact) mass is 410 g/mol. The number of halogens is 2. The molecule has 0 aliphatic rings. The summed E-state index contributed by atoms with van der Waals surface area (Å²) in [6, 6.07) is 10.6. The summed E-state index contributed by atoms with van der Waals surface area (Å²) >= 11 is 3.12. The number of nitrogens with one attached hydrogen (secondary N) is 2. The summed E-state index contributed by atoms with van der Waals surface area (Å²) in [5.74, 6) is -1.13. The van der Waals surface area contributed by atoms with Gasteiger partial charge in [0.25, 0.3) is 11.8 Å². The van der Waals surface area contributed by atoms with Crippen LogP contribution in [0, 0.1) is 5.82 Å². The van der Waals surface area contributed by atoms with Gasteiger partial charge in [0.05, 0.1) is 6.61 Å². The van der Waals surface area contributed by atoms with E-state index in [1.807, 2.05) is 6.92 Å². The molecule has 0 fully saturated rings. The highest BCUT2D eigenvalue weighted by Crippen LogP contribution is 2.21. The second-order valence-corrected chi connectivity index (χ2v) is 5.74. The molecule has 6 nitrogen and oxygen atoms in total. The Hall–Kier alpha value is -2.61. The van der Waals surface area contributed by atoms with Crippen LogP contribution in [0.1, 0.15) is 17.3 Å². The summed E-state index contributed by atoms with van der Waals surface area (Å²) in [5.41, 5.74) is 4.80. The molecular weight excluding hydrogens is 395 g/mol. The summed E-state index contributed by atoms with van der Waals surface area (Å²) in [6.45, 7) is 1.95. The highest BCUT2D eigenvalue weighted by atomic mass is 79.9. The Bertz CT molecular complexity index is 753. The number of hydrogen-bond donors (Lipinski definition) is 2. The fourth-order valence-corrected chi connectivity index (χ4v) is 2.17. The van der Waals surface area contributed by atoms with Crippen molar-refractivity contribution in [2.45, 2.75) is 6.92 Å². The summed E-state index contributed by atoms with van der Waals surface area (Å²) in [6.07, 6.45) is 0. The molecule has 2 aromatic rings. The van der Waals surface area contributed by atoms with Gasteiger partial charge in [-0.15, -0.1) is 0 Å². The molecule has 0 aliphatic heterocycles. The lowest BCUT2D eigenvalue weighted by Gasteiger charge is -2.10. The van der Waals surface area contributed by atoms with Crippen LogP contribution in [0.25, 0.3) is 0 Å². The Kier molecular flexibility index (Phi) is 6.76. The van der Waals surface area contributed by atoms with Crippen LogP contribution in [-0.2, 0) is 4.79 Å².